The molecule has 2 aromatic rings. The van der Waals surface area contributed by atoms with Crippen LogP contribution in [0.4, 0.5) is 0 Å². The van der Waals surface area contributed by atoms with Crippen LogP contribution >= 0.6 is 0 Å². The van der Waals surface area contributed by atoms with E-state index in [9.17, 15) is 34.5 Å². The van der Waals surface area contributed by atoms with Crippen molar-refractivity contribution < 1.29 is 29.6 Å². The number of ether oxygens (including phenoxy) is 1. The van der Waals surface area contributed by atoms with Gasteiger partial charge in [-0.25, -0.2) is 23.5 Å². The molecule has 1 unspecified atom stereocenters. The summed E-state index contributed by atoms with van der Waals surface area (Å²) in [6.07, 6.45) is 9.80. The molecule has 1 aromatic heterocycles. The molecule has 3 aliphatic rings. The van der Waals surface area contributed by atoms with Gasteiger partial charge in [0, 0.05) is 24.9 Å². The number of fused-ring (bicyclic) bond motifs is 1. The van der Waals surface area contributed by atoms with Gasteiger partial charge in [0.05, 0.1) is 30.0 Å². The van der Waals surface area contributed by atoms with Crippen LogP contribution in [0.15, 0.2) is 86.0 Å². The largest absolute Gasteiger partial charge is 0.461 e. The van der Waals surface area contributed by atoms with E-state index in [-0.39, 0.29) is 25.7 Å². The van der Waals surface area contributed by atoms with E-state index < -0.39 is 46.4 Å². The van der Waals surface area contributed by atoms with Crippen LogP contribution in [0.1, 0.15) is 92.0 Å². The molecular weight excluding hydrogens is 650 g/mol. The van der Waals surface area contributed by atoms with Gasteiger partial charge in [-0.15, -0.1) is 0 Å². The molecule has 3 N–H and O–H groups in total. The molecule has 0 bridgehead atoms. The summed E-state index contributed by atoms with van der Waals surface area (Å²) < 4.78 is 9.42. The Labute approximate surface area is 299 Å². The molecule has 276 valence electrons. The SMILES string of the molecule is CC(=O)OC/C(=C\C1C=C([C@@H]2CC[C@]3([C@H](CCCO)/C(=C(/C)C=O)CC[C@]3(C)O)[C@@H]2O)Cn2c(=O)n(-c3ccccc3)c(=O)n21)CCC=C(C)C. The van der Waals surface area contributed by atoms with Crippen molar-refractivity contribution in [1.82, 2.24) is 13.9 Å². The third-order valence-corrected chi connectivity index (χ3v) is 11.5. The van der Waals surface area contributed by atoms with Gasteiger partial charge in [0.15, 0.2) is 0 Å². The van der Waals surface area contributed by atoms with E-state index in [1.165, 1.54) is 16.3 Å². The summed E-state index contributed by atoms with van der Waals surface area (Å²) in [7, 11) is 0. The number of aliphatic hydroxyl groups is 3. The van der Waals surface area contributed by atoms with Crippen LogP contribution in [0.3, 0.4) is 0 Å². The fourth-order valence-corrected chi connectivity index (χ4v) is 8.95. The fraction of sp³-hybridized carbons (Fsp3) is 0.550. The minimum atomic E-state index is -1.26. The van der Waals surface area contributed by atoms with Gasteiger partial charge in [-0.2, -0.15) is 0 Å². The number of carbonyl (C=O) groups is 2. The van der Waals surface area contributed by atoms with E-state index in [4.69, 9.17) is 4.74 Å². The van der Waals surface area contributed by atoms with Crippen molar-refractivity contribution in [3.8, 4) is 5.69 Å². The first-order chi connectivity index (χ1) is 24.3. The van der Waals surface area contributed by atoms with Crippen LogP contribution in [0.5, 0.6) is 0 Å². The first kappa shape index (κ1) is 38.2. The maximum atomic E-state index is 14.1. The number of hydrogen-bond donors (Lipinski definition) is 3. The average Bonchev–Trinajstić information content (AvgIpc) is 3.57. The molecule has 0 radical (unpaired) electrons. The number of carbonyl (C=O) groups excluding carboxylic acids is 2. The zero-order chi connectivity index (χ0) is 37.1. The van der Waals surface area contributed by atoms with Crippen molar-refractivity contribution in [2.45, 2.75) is 110 Å². The van der Waals surface area contributed by atoms with E-state index in [0.29, 0.717) is 62.6 Å². The summed E-state index contributed by atoms with van der Waals surface area (Å²) in [6.45, 7) is 8.94. The lowest BCUT2D eigenvalue weighted by atomic mass is 9.52. The van der Waals surface area contributed by atoms with Crippen molar-refractivity contribution in [2.24, 2.45) is 17.3 Å². The van der Waals surface area contributed by atoms with Gasteiger partial charge >= 0.3 is 17.3 Å². The predicted octanol–water partition coefficient (Wildman–Crippen LogP) is 4.72. The van der Waals surface area contributed by atoms with Gasteiger partial charge in [0.25, 0.3) is 0 Å². The van der Waals surface area contributed by atoms with E-state index in [1.54, 1.807) is 38.1 Å². The molecule has 51 heavy (non-hydrogen) atoms. The molecule has 2 saturated carbocycles. The zero-order valence-electron chi connectivity index (χ0n) is 30.5. The van der Waals surface area contributed by atoms with Gasteiger partial charge < -0.3 is 20.1 Å². The second-order valence-electron chi connectivity index (χ2n) is 14.9. The molecular formula is C40H53N3O8. The molecule has 0 saturated heterocycles. The maximum absolute atomic E-state index is 14.1. The van der Waals surface area contributed by atoms with Crippen molar-refractivity contribution >= 4 is 12.3 Å². The van der Waals surface area contributed by atoms with Crippen LogP contribution in [-0.2, 0) is 20.9 Å². The van der Waals surface area contributed by atoms with Crippen molar-refractivity contribution in [3.63, 3.8) is 0 Å². The van der Waals surface area contributed by atoms with Crippen LogP contribution in [0.25, 0.3) is 5.69 Å². The highest BCUT2D eigenvalue weighted by atomic mass is 16.5. The van der Waals surface area contributed by atoms with E-state index >= 15 is 0 Å². The molecule has 0 amide bonds. The first-order valence-corrected chi connectivity index (χ1v) is 18.1. The van der Waals surface area contributed by atoms with E-state index in [2.05, 4.69) is 6.08 Å². The highest BCUT2D eigenvalue weighted by molar-refractivity contribution is 5.74. The van der Waals surface area contributed by atoms with Crippen molar-refractivity contribution in [1.29, 1.82) is 0 Å². The fourth-order valence-electron chi connectivity index (χ4n) is 8.95. The standard InChI is InChI=1S/C40H53N3O8/c1-26(2)11-9-12-29(25-51-28(4)46)21-32-22-30(23-41-37(48)42(38(49)43(32)41)31-13-7-6-8-14-31)34-17-19-40(36(34)47)35(15-10-20-44)33(27(3)24-45)16-18-39(40,5)50/h6-8,11,13-14,21-22,24,32,34-36,44,47,50H,9-10,12,15-20,23,25H2,1-5H3/b29-21-,33-27-/t32?,34-,35+,36+,39-,40-/m0/s1. The molecule has 2 fully saturated rings. The molecule has 6 atom stereocenters. The van der Waals surface area contributed by atoms with Crippen LogP contribution in [0, 0.1) is 17.3 Å². The lowest BCUT2D eigenvalue weighted by Crippen LogP contribution is -2.59. The second-order valence-corrected chi connectivity index (χ2v) is 14.9. The minimum Gasteiger partial charge on any atom is -0.461 e. The highest BCUT2D eigenvalue weighted by Crippen LogP contribution is 2.63. The summed E-state index contributed by atoms with van der Waals surface area (Å²) in [4.78, 5) is 52.1. The Hall–Kier alpha value is -4.06. The van der Waals surface area contributed by atoms with Gasteiger partial charge in [0.2, 0.25) is 0 Å². The number of allylic oxidation sites excluding steroid dienone is 6. The molecule has 2 heterocycles. The van der Waals surface area contributed by atoms with Crippen molar-refractivity contribution in [2.75, 3.05) is 13.2 Å². The molecule has 1 aliphatic heterocycles. The summed E-state index contributed by atoms with van der Waals surface area (Å²) >= 11 is 0. The molecule has 2 aliphatic carbocycles. The number of hydrogen-bond acceptors (Lipinski definition) is 8. The van der Waals surface area contributed by atoms with Gasteiger partial charge in [0.1, 0.15) is 12.9 Å². The quantitative estimate of drug-likeness (QED) is 0.124. The lowest BCUT2D eigenvalue weighted by molar-refractivity contribution is -0.167. The topological polar surface area (TPSA) is 153 Å². The highest BCUT2D eigenvalue weighted by Gasteiger charge is 2.64. The molecule has 1 aromatic carbocycles. The van der Waals surface area contributed by atoms with Crippen LogP contribution in [-0.4, -0.2) is 66.4 Å². The predicted molar refractivity (Wildman–Crippen MR) is 194 cm³/mol. The minimum absolute atomic E-state index is 0.0275. The Kier molecular flexibility index (Phi) is 11.7. The molecule has 5 rings (SSSR count). The lowest BCUT2D eigenvalue weighted by Gasteiger charge is -2.55. The Bertz CT molecular complexity index is 1850. The zero-order valence-corrected chi connectivity index (χ0v) is 30.5. The number of aldehydes is 1. The third-order valence-electron chi connectivity index (χ3n) is 11.5. The Balaban J connectivity index is 1.65. The monoisotopic (exact) mass is 703 g/mol. The van der Waals surface area contributed by atoms with E-state index in [1.807, 2.05) is 32.1 Å². The van der Waals surface area contributed by atoms with Gasteiger partial charge in [-0.1, -0.05) is 47.6 Å². The molecule has 11 nitrogen and oxygen atoms in total. The second kappa shape index (κ2) is 15.7. The number of para-hydroxylation sites is 1. The van der Waals surface area contributed by atoms with E-state index in [0.717, 1.165) is 33.1 Å². The average molecular weight is 704 g/mol. The maximum Gasteiger partial charge on any atom is 0.352 e. The third kappa shape index (κ3) is 7.34. The Morgan fingerprint density at radius 3 is 2.45 bits per heavy atom. The summed E-state index contributed by atoms with van der Waals surface area (Å²) in [5.74, 6) is -1.22. The number of nitrogens with zero attached hydrogens (tertiary/aromatic N) is 3. The number of aromatic nitrogens is 3. The summed E-state index contributed by atoms with van der Waals surface area (Å²) in [6, 6.07) is 8.00. The summed E-state index contributed by atoms with van der Waals surface area (Å²) in [5.41, 5.74) is 1.35. The first-order valence-electron chi connectivity index (χ1n) is 18.1. The number of rotatable bonds is 12. The summed E-state index contributed by atoms with van der Waals surface area (Å²) in [5, 5.41) is 34.4. The van der Waals surface area contributed by atoms with Gasteiger partial charge in [-0.3, -0.25) is 9.59 Å². The number of benzene rings is 1. The molecule has 1 spiro atoms. The van der Waals surface area contributed by atoms with Crippen molar-refractivity contribution in [3.05, 3.63) is 97.4 Å². The van der Waals surface area contributed by atoms with Gasteiger partial charge in [-0.05, 0) is 114 Å². The number of aliphatic hydroxyl groups excluding tert-OH is 2. The smallest absolute Gasteiger partial charge is 0.352 e. The Morgan fingerprint density at radius 1 is 1.08 bits per heavy atom. The van der Waals surface area contributed by atoms with Crippen LogP contribution < -0.4 is 11.4 Å². The van der Waals surface area contributed by atoms with Crippen LogP contribution in [0.2, 0.25) is 0 Å². The molecule has 11 heteroatoms. The normalized spacial score (nSPS) is 28.6. The Morgan fingerprint density at radius 2 is 1.80 bits per heavy atom. The number of esters is 1.